The number of anilines is 1. The quantitative estimate of drug-likeness (QED) is 0.909. The summed E-state index contributed by atoms with van der Waals surface area (Å²) >= 11 is 0. The van der Waals surface area contributed by atoms with Crippen molar-refractivity contribution < 1.29 is 13.6 Å². The van der Waals surface area contributed by atoms with E-state index in [9.17, 15) is 13.6 Å². The molecule has 1 amide bonds. The molecule has 0 aliphatic rings. The van der Waals surface area contributed by atoms with Crippen LogP contribution < -0.4 is 11.1 Å². The van der Waals surface area contributed by atoms with Crippen molar-refractivity contribution in [2.45, 2.75) is 19.4 Å². The average molecular weight is 290 g/mol. The molecule has 0 radical (unpaired) electrons. The van der Waals surface area contributed by atoms with Crippen LogP contribution in [0, 0.1) is 18.6 Å². The van der Waals surface area contributed by atoms with Crippen molar-refractivity contribution in [3.63, 3.8) is 0 Å². The summed E-state index contributed by atoms with van der Waals surface area (Å²) in [5.74, 6) is -2.68. The second kappa shape index (κ2) is 5.52. The number of primary amides is 1. The Balaban J connectivity index is 2.45. The molecule has 2 rings (SSSR count). The third kappa shape index (κ3) is 3.02. The third-order valence-electron chi connectivity index (χ3n) is 3.40. The number of carbonyl (C=O) groups excluding carboxylic acids is 1. The van der Waals surface area contributed by atoms with Gasteiger partial charge in [-0.25, -0.2) is 8.78 Å². The number of rotatable bonds is 4. The molecule has 3 nitrogen and oxygen atoms in total. The SMILES string of the molecule is Cc1cccc(NC(C)(C(N)=O)c2ccc(F)c(F)c2)c1. The zero-order valence-corrected chi connectivity index (χ0v) is 11.8. The highest BCUT2D eigenvalue weighted by Crippen LogP contribution is 2.27. The maximum absolute atomic E-state index is 13.4. The first-order valence-electron chi connectivity index (χ1n) is 6.43. The van der Waals surface area contributed by atoms with Crippen molar-refractivity contribution >= 4 is 11.6 Å². The Morgan fingerprint density at radius 3 is 2.43 bits per heavy atom. The number of carbonyl (C=O) groups is 1. The van der Waals surface area contributed by atoms with Gasteiger partial charge in [0.1, 0.15) is 5.54 Å². The Morgan fingerprint density at radius 1 is 1.14 bits per heavy atom. The fourth-order valence-electron chi connectivity index (χ4n) is 2.09. The van der Waals surface area contributed by atoms with E-state index in [1.54, 1.807) is 6.07 Å². The molecule has 0 aliphatic heterocycles. The van der Waals surface area contributed by atoms with E-state index in [1.807, 2.05) is 25.1 Å². The number of hydrogen-bond donors (Lipinski definition) is 2. The minimum absolute atomic E-state index is 0.260. The fraction of sp³-hybridized carbons (Fsp3) is 0.188. The van der Waals surface area contributed by atoms with E-state index in [2.05, 4.69) is 5.32 Å². The van der Waals surface area contributed by atoms with Gasteiger partial charge in [0.2, 0.25) is 5.91 Å². The average Bonchev–Trinajstić information content (AvgIpc) is 2.41. The molecular weight excluding hydrogens is 274 g/mol. The first-order chi connectivity index (χ1) is 9.83. The van der Waals surface area contributed by atoms with Gasteiger partial charge in [-0.05, 0) is 49.2 Å². The number of hydrogen-bond acceptors (Lipinski definition) is 2. The van der Waals surface area contributed by atoms with Crippen LogP contribution >= 0.6 is 0 Å². The molecule has 0 fully saturated rings. The lowest BCUT2D eigenvalue weighted by Crippen LogP contribution is -2.45. The maximum Gasteiger partial charge on any atom is 0.247 e. The third-order valence-corrected chi connectivity index (χ3v) is 3.40. The molecule has 0 aliphatic carbocycles. The van der Waals surface area contributed by atoms with Crippen LogP contribution in [0.4, 0.5) is 14.5 Å². The molecule has 0 spiro atoms. The van der Waals surface area contributed by atoms with Crippen LogP contribution in [0.2, 0.25) is 0 Å². The minimum Gasteiger partial charge on any atom is -0.368 e. The van der Waals surface area contributed by atoms with Gasteiger partial charge in [0.05, 0.1) is 0 Å². The Labute approximate surface area is 121 Å². The first kappa shape index (κ1) is 15.0. The van der Waals surface area contributed by atoms with Gasteiger partial charge >= 0.3 is 0 Å². The molecule has 21 heavy (non-hydrogen) atoms. The van der Waals surface area contributed by atoms with E-state index < -0.39 is 23.1 Å². The highest BCUT2D eigenvalue weighted by atomic mass is 19.2. The predicted octanol–water partition coefficient (Wildman–Crippen LogP) is 3.09. The molecule has 5 heteroatoms. The minimum atomic E-state index is -1.34. The fourth-order valence-corrected chi connectivity index (χ4v) is 2.09. The highest BCUT2D eigenvalue weighted by molar-refractivity contribution is 5.89. The van der Waals surface area contributed by atoms with Crippen LogP contribution in [-0.4, -0.2) is 5.91 Å². The molecule has 110 valence electrons. The largest absolute Gasteiger partial charge is 0.368 e. The highest BCUT2D eigenvalue weighted by Gasteiger charge is 2.34. The molecule has 0 aromatic heterocycles. The van der Waals surface area contributed by atoms with Crippen LogP contribution in [0.15, 0.2) is 42.5 Å². The number of amides is 1. The number of halogens is 2. The van der Waals surface area contributed by atoms with Crippen molar-refractivity contribution in [2.24, 2.45) is 5.73 Å². The Kier molecular flexibility index (Phi) is 3.93. The standard InChI is InChI=1S/C16H16F2N2O/c1-10-4-3-5-12(8-10)20-16(2,15(19)21)11-6-7-13(17)14(18)9-11/h3-9,20H,1-2H3,(H2,19,21). The van der Waals surface area contributed by atoms with E-state index in [4.69, 9.17) is 5.73 Å². The molecule has 2 aromatic carbocycles. The van der Waals surface area contributed by atoms with Gasteiger partial charge < -0.3 is 11.1 Å². The number of nitrogens with one attached hydrogen (secondary N) is 1. The molecule has 0 heterocycles. The normalized spacial score (nSPS) is 13.5. The summed E-state index contributed by atoms with van der Waals surface area (Å²) in [5.41, 5.74) is 6.04. The van der Waals surface area contributed by atoms with E-state index in [1.165, 1.54) is 13.0 Å². The summed E-state index contributed by atoms with van der Waals surface area (Å²) in [4.78, 5) is 11.9. The molecule has 3 N–H and O–H groups in total. The zero-order chi connectivity index (χ0) is 15.6. The smallest absolute Gasteiger partial charge is 0.247 e. The summed E-state index contributed by atoms with van der Waals surface area (Å²) in [6.07, 6.45) is 0. The lowest BCUT2D eigenvalue weighted by molar-refractivity contribution is -0.122. The molecular formula is C16H16F2N2O. The number of nitrogens with two attached hydrogens (primary N) is 1. The predicted molar refractivity (Wildman–Crippen MR) is 77.7 cm³/mol. The molecule has 1 unspecified atom stereocenters. The van der Waals surface area contributed by atoms with Gasteiger partial charge in [-0.3, -0.25) is 4.79 Å². The van der Waals surface area contributed by atoms with Crippen LogP contribution in [-0.2, 0) is 10.3 Å². The van der Waals surface area contributed by atoms with Crippen molar-refractivity contribution in [2.75, 3.05) is 5.32 Å². The first-order valence-corrected chi connectivity index (χ1v) is 6.43. The summed E-state index contributed by atoms with van der Waals surface area (Å²) in [7, 11) is 0. The Morgan fingerprint density at radius 2 is 1.86 bits per heavy atom. The lowest BCUT2D eigenvalue weighted by Gasteiger charge is -2.29. The van der Waals surface area contributed by atoms with Gasteiger partial charge in [0.25, 0.3) is 0 Å². The molecule has 0 saturated carbocycles. The number of aryl methyl sites for hydroxylation is 1. The summed E-state index contributed by atoms with van der Waals surface area (Å²) in [6, 6.07) is 10.6. The summed E-state index contributed by atoms with van der Waals surface area (Å²) in [5, 5.41) is 2.99. The van der Waals surface area contributed by atoms with Gasteiger partial charge in [0, 0.05) is 5.69 Å². The van der Waals surface area contributed by atoms with Gasteiger partial charge in [-0.15, -0.1) is 0 Å². The van der Waals surface area contributed by atoms with Crippen molar-refractivity contribution in [3.05, 3.63) is 65.2 Å². The van der Waals surface area contributed by atoms with E-state index in [-0.39, 0.29) is 5.56 Å². The summed E-state index contributed by atoms with van der Waals surface area (Å²) in [6.45, 7) is 3.44. The summed E-state index contributed by atoms with van der Waals surface area (Å²) < 4.78 is 26.5. The monoisotopic (exact) mass is 290 g/mol. The Hall–Kier alpha value is -2.43. The van der Waals surface area contributed by atoms with Gasteiger partial charge in [0.15, 0.2) is 11.6 Å². The maximum atomic E-state index is 13.4. The van der Waals surface area contributed by atoms with E-state index in [0.29, 0.717) is 5.69 Å². The molecule has 0 bridgehead atoms. The second-order valence-electron chi connectivity index (χ2n) is 5.11. The van der Waals surface area contributed by atoms with Crippen molar-refractivity contribution in [3.8, 4) is 0 Å². The zero-order valence-electron chi connectivity index (χ0n) is 11.8. The molecule has 0 saturated heterocycles. The molecule has 2 aromatic rings. The van der Waals surface area contributed by atoms with Gasteiger partial charge in [-0.2, -0.15) is 0 Å². The second-order valence-corrected chi connectivity index (χ2v) is 5.11. The lowest BCUT2D eigenvalue weighted by atomic mass is 9.90. The van der Waals surface area contributed by atoms with Gasteiger partial charge in [-0.1, -0.05) is 18.2 Å². The van der Waals surface area contributed by atoms with Crippen molar-refractivity contribution in [1.29, 1.82) is 0 Å². The van der Waals surface area contributed by atoms with Crippen LogP contribution in [0.25, 0.3) is 0 Å². The molecule has 1 atom stereocenters. The Bertz CT molecular complexity index is 688. The van der Waals surface area contributed by atoms with Crippen molar-refractivity contribution in [1.82, 2.24) is 0 Å². The van der Waals surface area contributed by atoms with Crippen LogP contribution in [0.5, 0.6) is 0 Å². The van der Waals surface area contributed by atoms with E-state index in [0.717, 1.165) is 17.7 Å². The topological polar surface area (TPSA) is 55.1 Å². The number of benzene rings is 2. The van der Waals surface area contributed by atoms with E-state index >= 15 is 0 Å². The van der Waals surface area contributed by atoms with Crippen LogP contribution in [0.1, 0.15) is 18.1 Å². The van der Waals surface area contributed by atoms with Crippen LogP contribution in [0.3, 0.4) is 0 Å².